The number of ether oxygens (including phenoxy) is 1. The molecule has 1 radical (unpaired) electrons. The predicted octanol–water partition coefficient (Wildman–Crippen LogP) is -1.90. The molecule has 1 aliphatic heterocycles. The van der Waals surface area contributed by atoms with E-state index in [1.807, 2.05) is 0 Å². The lowest BCUT2D eigenvalue weighted by atomic mass is 9.95. The summed E-state index contributed by atoms with van der Waals surface area (Å²) in [4.78, 5) is 10.5. The van der Waals surface area contributed by atoms with Gasteiger partial charge in [0.25, 0.3) is 0 Å². The zero-order chi connectivity index (χ0) is 10.2. The van der Waals surface area contributed by atoms with Crippen molar-refractivity contribution in [2.24, 2.45) is 0 Å². The lowest BCUT2D eigenvalue weighted by molar-refractivity contribution is -0.164. The molecule has 0 spiro atoms. The van der Waals surface area contributed by atoms with Gasteiger partial charge in [0, 0.05) is 0 Å². The highest BCUT2D eigenvalue weighted by Crippen LogP contribution is 2.30. The van der Waals surface area contributed by atoms with Crippen molar-refractivity contribution in [3.8, 4) is 0 Å². The summed E-state index contributed by atoms with van der Waals surface area (Å²) in [5.74, 6) is -1.61. The van der Waals surface area contributed by atoms with E-state index in [0.717, 1.165) is 0 Å². The number of rotatable bonds is 2. The van der Waals surface area contributed by atoms with Crippen LogP contribution in [0.2, 0.25) is 0 Å². The number of aliphatic hydroxyl groups is 3. The van der Waals surface area contributed by atoms with Crippen molar-refractivity contribution in [2.75, 3.05) is 0 Å². The average Bonchev–Trinajstić information content (AvgIpc) is 2.30. The van der Waals surface area contributed by atoms with E-state index in [4.69, 9.17) is 10.2 Å². The van der Waals surface area contributed by atoms with E-state index in [1.54, 1.807) is 0 Å². The maximum atomic E-state index is 10.5. The Morgan fingerprint density at radius 3 is 2.46 bits per heavy atom. The van der Waals surface area contributed by atoms with Gasteiger partial charge in [0.05, 0.1) is 6.10 Å². The monoisotopic (exact) mass is 191 g/mol. The molecule has 4 N–H and O–H groups in total. The van der Waals surface area contributed by atoms with Gasteiger partial charge < -0.3 is 25.2 Å². The first-order valence-corrected chi connectivity index (χ1v) is 3.71. The van der Waals surface area contributed by atoms with E-state index < -0.39 is 29.9 Å². The molecule has 0 aromatic heterocycles. The number of hydrogen-bond donors (Lipinski definition) is 4. The minimum absolute atomic E-state index is 0.622. The molecule has 1 unspecified atom stereocenters. The molecule has 0 aliphatic carbocycles. The highest BCUT2D eigenvalue weighted by molar-refractivity contribution is 5.80. The third kappa shape index (κ3) is 1.53. The number of carbonyl (C=O) groups is 1. The Kier molecular flexibility index (Phi) is 2.58. The molecule has 1 aliphatic rings. The summed E-state index contributed by atoms with van der Waals surface area (Å²) in [6.07, 6.45) is -3.83. The van der Waals surface area contributed by atoms with Gasteiger partial charge in [0.2, 0.25) is 5.60 Å². The highest BCUT2D eigenvalue weighted by Gasteiger charge is 2.55. The Bertz CT molecular complexity index is 215. The Morgan fingerprint density at radius 2 is 2.23 bits per heavy atom. The second kappa shape index (κ2) is 3.22. The Hall–Kier alpha value is -0.690. The standard InChI is InChI=1S/C7H11O6/c1-3(8)4-5(9)7(12,2-13-4)6(10)11/h2-5,8-9,12H,1H3,(H,10,11)/t3?,4-,5-,7+/m1/s1. The van der Waals surface area contributed by atoms with Crippen molar-refractivity contribution in [1.82, 2.24) is 0 Å². The van der Waals surface area contributed by atoms with Crippen LogP contribution >= 0.6 is 0 Å². The van der Waals surface area contributed by atoms with Crippen LogP contribution in [0.15, 0.2) is 0 Å². The second-order valence-electron chi connectivity index (χ2n) is 3.03. The van der Waals surface area contributed by atoms with Gasteiger partial charge >= 0.3 is 5.97 Å². The fourth-order valence-electron chi connectivity index (χ4n) is 1.13. The molecule has 1 rings (SSSR count). The minimum Gasteiger partial charge on any atom is -0.479 e. The first-order chi connectivity index (χ1) is 5.89. The van der Waals surface area contributed by atoms with Crippen LogP contribution in [0.4, 0.5) is 0 Å². The maximum absolute atomic E-state index is 10.5. The van der Waals surface area contributed by atoms with Crippen molar-refractivity contribution in [2.45, 2.75) is 30.8 Å². The fraction of sp³-hybridized carbons (Fsp3) is 0.714. The summed E-state index contributed by atoms with van der Waals surface area (Å²) in [7, 11) is 0. The molecule has 75 valence electrons. The van der Waals surface area contributed by atoms with E-state index in [-0.39, 0.29) is 0 Å². The zero-order valence-corrected chi connectivity index (χ0v) is 6.91. The van der Waals surface area contributed by atoms with E-state index in [0.29, 0.717) is 6.61 Å². The van der Waals surface area contributed by atoms with Crippen molar-refractivity contribution >= 4 is 5.97 Å². The van der Waals surface area contributed by atoms with Gasteiger partial charge in [-0.2, -0.15) is 0 Å². The van der Waals surface area contributed by atoms with Gasteiger partial charge in [-0.1, -0.05) is 0 Å². The summed E-state index contributed by atoms with van der Waals surface area (Å²) in [6, 6.07) is 0. The van der Waals surface area contributed by atoms with Crippen molar-refractivity contribution in [3.05, 3.63) is 6.61 Å². The first kappa shape index (κ1) is 10.4. The van der Waals surface area contributed by atoms with E-state index >= 15 is 0 Å². The van der Waals surface area contributed by atoms with Crippen LogP contribution in [-0.2, 0) is 9.53 Å². The smallest absolute Gasteiger partial charge is 0.341 e. The average molecular weight is 191 g/mol. The molecular formula is C7H11O6. The lowest BCUT2D eigenvalue weighted by Gasteiger charge is -2.22. The van der Waals surface area contributed by atoms with Crippen LogP contribution in [0, 0.1) is 6.61 Å². The Morgan fingerprint density at radius 1 is 1.69 bits per heavy atom. The first-order valence-electron chi connectivity index (χ1n) is 3.71. The summed E-state index contributed by atoms with van der Waals surface area (Å²) < 4.78 is 4.65. The SMILES string of the molecule is CC(O)[C@H]1O[CH][C@@](O)(C(=O)O)[C@@H]1O. The molecule has 1 heterocycles. The predicted molar refractivity (Wildman–Crippen MR) is 39.4 cm³/mol. The summed E-state index contributed by atoms with van der Waals surface area (Å²) in [6.45, 7) is 1.95. The van der Waals surface area contributed by atoms with Gasteiger partial charge in [-0.05, 0) is 6.92 Å². The third-order valence-electron chi connectivity index (χ3n) is 1.99. The van der Waals surface area contributed by atoms with Crippen LogP contribution in [0.5, 0.6) is 0 Å². The van der Waals surface area contributed by atoms with Gasteiger partial charge in [0.15, 0.2) is 0 Å². The molecule has 6 heteroatoms. The van der Waals surface area contributed by atoms with E-state index in [1.165, 1.54) is 6.92 Å². The number of aliphatic hydroxyl groups excluding tert-OH is 2. The van der Waals surface area contributed by atoms with Gasteiger partial charge in [0.1, 0.15) is 18.8 Å². The molecule has 1 saturated heterocycles. The fourth-order valence-corrected chi connectivity index (χ4v) is 1.13. The minimum atomic E-state index is -2.43. The molecule has 1 fully saturated rings. The molecule has 0 aromatic rings. The zero-order valence-electron chi connectivity index (χ0n) is 6.91. The van der Waals surface area contributed by atoms with E-state index in [2.05, 4.69) is 4.74 Å². The molecule has 4 atom stereocenters. The quantitative estimate of drug-likeness (QED) is 0.406. The van der Waals surface area contributed by atoms with Crippen LogP contribution in [0.25, 0.3) is 0 Å². The summed E-state index contributed by atoms with van der Waals surface area (Å²) in [5, 5.41) is 36.2. The van der Waals surface area contributed by atoms with Gasteiger partial charge in [-0.3, -0.25) is 0 Å². The van der Waals surface area contributed by atoms with Crippen LogP contribution < -0.4 is 0 Å². The van der Waals surface area contributed by atoms with Crippen molar-refractivity contribution in [1.29, 1.82) is 0 Å². The summed E-state index contributed by atoms with van der Waals surface area (Å²) in [5.41, 5.74) is -2.43. The van der Waals surface area contributed by atoms with Crippen LogP contribution in [0.1, 0.15) is 6.92 Å². The molecule has 13 heavy (non-hydrogen) atoms. The van der Waals surface area contributed by atoms with Crippen molar-refractivity contribution < 1.29 is 30.0 Å². The van der Waals surface area contributed by atoms with Gasteiger partial charge in [-0.25, -0.2) is 4.79 Å². The molecule has 0 aromatic carbocycles. The second-order valence-corrected chi connectivity index (χ2v) is 3.03. The molecular weight excluding hydrogens is 180 g/mol. The Balaban J connectivity index is 2.81. The number of carboxylic acid groups (broad SMARTS) is 1. The lowest BCUT2D eigenvalue weighted by Crippen LogP contribution is -2.50. The number of aliphatic carboxylic acids is 1. The normalized spacial score (nSPS) is 41.8. The third-order valence-corrected chi connectivity index (χ3v) is 1.99. The highest BCUT2D eigenvalue weighted by atomic mass is 16.6. The number of hydrogen-bond acceptors (Lipinski definition) is 5. The molecule has 0 saturated carbocycles. The van der Waals surface area contributed by atoms with Gasteiger partial charge in [-0.15, -0.1) is 0 Å². The molecule has 6 nitrogen and oxygen atoms in total. The maximum Gasteiger partial charge on any atom is 0.341 e. The van der Waals surface area contributed by atoms with E-state index in [9.17, 15) is 15.0 Å². The van der Waals surface area contributed by atoms with Crippen LogP contribution in [-0.4, -0.2) is 50.3 Å². The Labute approximate surface area is 74.4 Å². The van der Waals surface area contributed by atoms with Crippen LogP contribution in [0.3, 0.4) is 0 Å². The summed E-state index contributed by atoms with van der Waals surface area (Å²) >= 11 is 0. The number of carboxylic acids is 1. The molecule has 0 amide bonds. The topological polar surface area (TPSA) is 107 Å². The van der Waals surface area contributed by atoms with Crippen molar-refractivity contribution in [3.63, 3.8) is 0 Å². The molecule has 0 bridgehead atoms. The largest absolute Gasteiger partial charge is 0.479 e.